The van der Waals surface area contributed by atoms with Gasteiger partial charge in [-0.15, -0.1) is 0 Å². The number of nitrogens with zero attached hydrogens (tertiary/aromatic N) is 3. The minimum absolute atomic E-state index is 0.594. The number of aromatic nitrogens is 3. The van der Waals surface area contributed by atoms with Gasteiger partial charge in [0.25, 0.3) is 0 Å². The molecule has 2 aromatic rings. The Kier molecular flexibility index (Phi) is 2.88. The summed E-state index contributed by atoms with van der Waals surface area (Å²) in [7, 11) is 0. The first-order chi connectivity index (χ1) is 7.34. The van der Waals surface area contributed by atoms with Crippen LogP contribution in [0.25, 0.3) is 0 Å². The normalized spacial score (nSPS) is 10.1. The summed E-state index contributed by atoms with van der Waals surface area (Å²) in [4.78, 5) is 12.5. The van der Waals surface area contributed by atoms with Crippen LogP contribution in [-0.4, -0.2) is 15.0 Å². The Labute approximate surface area is 88.2 Å². The van der Waals surface area contributed by atoms with Crippen LogP contribution in [-0.2, 0) is 12.8 Å². The van der Waals surface area contributed by atoms with Crippen LogP contribution in [0.1, 0.15) is 11.5 Å². The minimum atomic E-state index is 0.594. The van der Waals surface area contributed by atoms with Crippen molar-refractivity contribution in [3.63, 3.8) is 0 Å². The van der Waals surface area contributed by atoms with Gasteiger partial charge < -0.3 is 5.73 Å². The highest BCUT2D eigenvalue weighted by Gasteiger charge is 1.98. The van der Waals surface area contributed by atoms with Gasteiger partial charge in [0.05, 0.1) is 18.1 Å². The first-order valence-electron chi connectivity index (χ1n) is 4.81. The lowest BCUT2D eigenvalue weighted by molar-refractivity contribution is 0.837. The van der Waals surface area contributed by atoms with Crippen molar-refractivity contribution in [2.75, 3.05) is 5.73 Å². The molecule has 76 valence electrons. The second kappa shape index (κ2) is 4.50. The molecule has 0 amide bonds. The molecule has 2 aromatic heterocycles. The molecule has 0 aliphatic heterocycles. The molecule has 0 aliphatic rings. The van der Waals surface area contributed by atoms with Gasteiger partial charge in [-0.05, 0) is 18.6 Å². The van der Waals surface area contributed by atoms with Gasteiger partial charge in [0.15, 0.2) is 0 Å². The summed E-state index contributed by atoms with van der Waals surface area (Å²) in [5, 5.41) is 0. The van der Waals surface area contributed by atoms with Crippen molar-refractivity contribution in [2.45, 2.75) is 12.8 Å². The fraction of sp³-hybridized carbons (Fsp3) is 0.182. The van der Waals surface area contributed by atoms with Gasteiger partial charge in [-0.2, -0.15) is 0 Å². The third-order valence-corrected chi connectivity index (χ3v) is 2.06. The van der Waals surface area contributed by atoms with Gasteiger partial charge in [0.1, 0.15) is 5.82 Å². The molecule has 0 saturated carbocycles. The number of anilines is 1. The lowest BCUT2D eigenvalue weighted by Gasteiger charge is -1.99. The van der Waals surface area contributed by atoms with E-state index < -0.39 is 0 Å². The van der Waals surface area contributed by atoms with Crippen molar-refractivity contribution in [3.05, 3.63) is 48.3 Å². The molecule has 0 aliphatic carbocycles. The van der Waals surface area contributed by atoms with Gasteiger partial charge >= 0.3 is 0 Å². The highest BCUT2D eigenvalue weighted by atomic mass is 14.9. The monoisotopic (exact) mass is 200 g/mol. The minimum Gasteiger partial charge on any atom is -0.396 e. The second-order valence-electron chi connectivity index (χ2n) is 3.25. The molecule has 0 spiro atoms. The molecular weight excluding hydrogens is 188 g/mol. The number of rotatable bonds is 3. The molecule has 0 aromatic carbocycles. The third-order valence-electron chi connectivity index (χ3n) is 2.06. The van der Waals surface area contributed by atoms with Gasteiger partial charge in [-0.3, -0.25) is 4.98 Å². The molecule has 0 radical (unpaired) electrons. The Morgan fingerprint density at radius 3 is 2.47 bits per heavy atom. The Morgan fingerprint density at radius 1 is 1.00 bits per heavy atom. The van der Waals surface area contributed by atoms with E-state index >= 15 is 0 Å². The van der Waals surface area contributed by atoms with Crippen LogP contribution >= 0.6 is 0 Å². The molecule has 0 unspecified atom stereocenters. The lowest BCUT2D eigenvalue weighted by Crippen LogP contribution is -2.00. The summed E-state index contributed by atoms with van der Waals surface area (Å²) >= 11 is 0. The second-order valence-corrected chi connectivity index (χ2v) is 3.25. The van der Waals surface area contributed by atoms with Crippen LogP contribution in [0.5, 0.6) is 0 Å². The van der Waals surface area contributed by atoms with Gasteiger partial charge in [0.2, 0.25) is 0 Å². The molecule has 2 N–H and O–H groups in total. The zero-order valence-corrected chi connectivity index (χ0v) is 8.30. The smallest absolute Gasteiger partial charge is 0.128 e. The Hall–Kier alpha value is -1.97. The van der Waals surface area contributed by atoms with Crippen molar-refractivity contribution in [1.82, 2.24) is 15.0 Å². The van der Waals surface area contributed by atoms with Crippen LogP contribution in [0.3, 0.4) is 0 Å². The van der Waals surface area contributed by atoms with Crippen LogP contribution in [0.4, 0.5) is 5.69 Å². The van der Waals surface area contributed by atoms with E-state index in [2.05, 4.69) is 15.0 Å². The van der Waals surface area contributed by atoms with Crippen LogP contribution in [0, 0.1) is 0 Å². The summed E-state index contributed by atoms with van der Waals surface area (Å²) in [5.41, 5.74) is 7.14. The van der Waals surface area contributed by atoms with E-state index in [0.717, 1.165) is 24.4 Å². The van der Waals surface area contributed by atoms with Crippen molar-refractivity contribution < 1.29 is 0 Å². The number of nitrogens with two attached hydrogens (primary N) is 1. The topological polar surface area (TPSA) is 64.7 Å². The zero-order valence-electron chi connectivity index (χ0n) is 8.30. The van der Waals surface area contributed by atoms with E-state index in [1.165, 1.54) is 0 Å². The Bertz CT molecular complexity index is 410. The standard InChI is InChI=1S/C11H12N4/c12-9-7-14-11(15-8-9)5-4-10-3-1-2-6-13-10/h1-3,6-8H,4-5,12H2. The van der Waals surface area contributed by atoms with Crippen LogP contribution < -0.4 is 5.73 Å². The van der Waals surface area contributed by atoms with Crippen molar-refractivity contribution in [3.8, 4) is 0 Å². The number of aryl methyl sites for hydroxylation is 2. The maximum atomic E-state index is 5.50. The molecule has 0 fully saturated rings. The van der Waals surface area contributed by atoms with Crippen molar-refractivity contribution in [1.29, 1.82) is 0 Å². The predicted octanol–water partition coefficient (Wildman–Crippen LogP) is 1.24. The fourth-order valence-electron chi connectivity index (χ4n) is 1.28. The summed E-state index contributed by atoms with van der Waals surface area (Å²) in [6.45, 7) is 0. The maximum Gasteiger partial charge on any atom is 0.128 e. The van der Waals surface area contributed by atoms with Crippen molar-refractivity contribution >= 4 is 5.69 Å². The van der Waals surface area contributed by atoms with Gasteiger partial charge in [-0.1, -0.05) is 6.07 Å². The maximum absolute atomic E-state index is 5.50. The summed E-state index contributed by atoms with van der Waals surface area (Å²) in [6, 6.07) is 5.88. The van der Waals surface area contributed by atoms with E-state index in [-0.39, 0.29) is 0 Å². The van der Waals surface area contributed by atoms with Crippen molar-refractivity contribution in [2.24, 2.45) is 0 Å². The molecule has 0 bridgehead atoms. The van der Waals surface area contributed by atoms with Crippen LogP contribution in [0.2, 0.25) is 0 Å². The molecule has 0 atom stereocenters. The molecule has 0 saturated heterocycles. The number of pyridine rings is 1. The third kappa shape index (κ3) is 2.74. The number of nitrogen functional groups attached to an aromatic ring is 1. The van der Waals surface area contributed by atoms with Crippen LogP contribution in [0.15, 0.2) is 36.8 Å². The summed E-state index contributed by atoms with van der Waals surface area (Å²) in [5.74, 6) is 0.801. The van der Waals surface area contributed by atoms with E-state index in [4.69, 9.17) is 5.73 Å². The van der Waals surface area contributed by atoms with E-state index in [1.54, 1.807) is 18.6 Å². The fourth-order valence-corrected chi connectivity index (χ4v) is 1.28. The van der Waals surface area contributed by atoms with Gasteiger partial charge in [0, 0.05) is 18.3 Å². The van der Waals surface area contributed by atoms with E-state index in [1.807, 2.05) is 18.2 Å². The molecule has 15 heavy (non-hydrogen) atoms. The average molecular weight is 200 g/mol. The molecule has 2 rings (SSSR count). The summed E-state index contributed by atoms with van der Waals surface area (Å²) < 4.78 is 0. The Balaban J connectivity index is 1.96. The highest BCUT2D eigenvalue weighted by Crippen LogP contribution is 2.01. The highest BCUT2D eigenvalue weighted by molar-refractivity contribution is 5.30. The largest absolute Gasteiger partial charge is 0.396 e. The molecule has 2 heterocycles. The predicted molar refractivity (Wildman–Crippen MR) is 58.1 cm³/mol. The number of hydrogen-bond donors (Lipinski definition) is 1. The van der Waals surface area contributed by atoms with Gasteiger partial charge in [-0.25, -0.2) is 9.97 Å². The van der Waals surface area contributed by atoms with E-state index in [9.17, 15) is 0 Å². The first-order valence-corrected chi connectivity index (χ1v) is 4.81. The number of hydrogen-bond acceptors (Lipinski definition) is 4. The quantitative estimate of drug-likeness (QED) is 0.809. The molecule has 4 nitrogen and oxygen atoms in total. The molecule has 4 heteroatoms. The van der Waals surface area contributed by atoms with E-state index in [0.29, 0.717) is 5.69 Å². The zero-order chi connectivity index (χ0) is 10.5. The first kappa shape index (κ1) is 9.58. The lowest BCUT2D eigenvalue weighted by atomic mass is 10.2. The molecular formula is C11H12N4. The average Bonchev–Trinajstić information content (AvgIpc) is 2.30. The SMILES string of the molecule is Nc1cnc(CCc2ccccn2)nc1. The Morgan fingerprint density at radius 2 is 1.80 bits per heavy atom. The summed E-state index contributed by atoms with van der Waals surface area (Å²) in [6.07, 6.45) is 6.68.